The van der Waals surface area contributed by atoms with E-state index in [1.165, 1.54) is 0 Å². The number of rotatable bonds is 6. The molecule has 1 saturated heterocycles. The van der Waals surface area contributed by atoms with Gasteiger partial charge in [-0.3, -0.25) is 4.68 Å². The number of nitrogens with zero attached hydrogens (tertiary/aromatic N) is 2. The van der Waals surface area contributed by atoms with Crippen LogP contribution in [-0.2, 0) is 16.4 Å². The molecule has 0 spiro atoms. The average Bonchev–Trinajstić information content (AvgIpc) is 2.82. The monoisotopic (exact) mass is 377 g/mol. The Morgan fingerprint density at radius 1 is 1.48 bits per heavy atom. The molecule has 0 saturated carbocycles. The van der Waals surface area contributed by atoms with Crippen LogP contribution in [0.1, 0.15) is 51.3 Å². The van der Waals surface area contributed by atoms with Crippen LogP contribution in [0.25, 0.3) is 0 Å². The predicted molar refractivity (Wildman–Crippen MR) is 88.1 cm³/mol. The van der Waals surface area contributed by atoms with Crippen LogP contribution in [0.3, 0.4) is 0 Å². The van der Waals surface area contributed by atoms with Gasteiger partial charge in [0.25, 0.3) is 0 Å². The number of halogens is 1. The van der Waals surface area contributed by atoms with Crippen LogP contribution in [0.2, 0.25) is 0 Å². The topological polar surface area (TPSA) is 64.0 Å². The van der Waals surface area contributed by atoms with Crippen molar-refractivity contribution in [3.63, 3.8) is 0 Å². The van der Waals surface area contributed by atoms with Crippen LogP contribution in [0.15, 0.2) is 10.7 Å². The van der Waals surface area contributed by atoms with Gasteiger partial charge in [-0.15, -0.1) is 0 Å². The first-order valence-corrected chi connectivity index (χ1v) is 10.2. The SMILES string of the molecule is CCCNC(c1c(Br)cnn1CC)C1CCCCS1(=O)=O. The van der Waals surface area contributed by atoms with Gasteiger partial charge in [0.05, 0.1) is 33.4 Å². The average molecular weight is 378 g/mol. The molecule has 1 aromatic rings. The molecule has 0 aliphatic carbocycles. The van der Waals surface area contributed by atoms with Crippen molar-refractivity contribution in [1.82, 2.24) is 15.1 Å². The highest BCUT2D eigenvalue weighted by Crippen LogP contribution is 2.34. The Morgan fingerprint density at radius 3 is 2.86 bits per heavy atom. The fraction of sp³-hybridized carbons (Fsp3) is 0.786. The summed E-state index contributed by atoms with van der Waals surface area (Å²) in [4.78, 5) is 0. The molecule has 1 aromatic heterocycles. The van der Waals surface area contributed by atoms with E-state index in [-0.39, 0.29) is 11.3 Å². The maximum Gasteiger partial charge on any atom is 0.155 e. The summed E-state index contributed by atoms with van der Waals surface area (Å²) >= 11 is 3.54. The second kappa shape index (κ2) is 7.24. The molecular weight excluding hydrogens is 354 g/mol. The lowest BCUT2D eigenvalue weighted by Gasteiger charge is -2.31. The Morgan fingerprint density at radius 2 is 2.24 bits per heavy atom. The second-order valence-electron chi connectivity index (χ2n) is 5.53. The molecule has 2 unspecified atom stereocenters. The van der Waals surface area contributed by atoms with E-state index >= 15 is 0 Å². The minimum absolute atomic E-state index is 0.188. The quantitative estimate of drug-likeness (QED) is 0.827. The van der Waals surface area contributed by atoms with Gasteiger partial charge in [0.15, 0.2) is 9.84 Å². The minimum Gasteiger partial charge on any atom is -0.308 e. The third-order valence-corrected chi connectivity index (χ3v) is 6.94. The van der Waals surface area contributed by atoms with Crippen molar-refractivity contribution in [2.75, 3.05) is 12.3 Å². The summed E-state index contributed by atoms with van der Waals surface area (Å²) in [5.41, 5.74) is 0.960. The molecule has 2 atom stereocenters. The maximum absolute atomic E-state index is 12.5. The van der Waals surface area contributed by atoms with Crippen LogP contribution in [0.4, 0.5) is 0 Å². The van der Waals surface area contributed by atoms with E-state index in [9.17, 15) is 8.42 Å². The maximum atomic E-state index is 12.5. The summed E-state index contributed by atoms with van der Waals surface area (Å²) in [6.45, 7) is 5.65. The first kappa shape index (κ1) is 17.0. The number of aromatic nitrogens is 2. The van der Waals surface area contributed by atoms with Gasteiger partial charge in [0.2, 0.25) is 0 Å². The van der Waals surface area contributed by atoms with Crippen molar-refractivity contribution < 1.29 is 8.42 Å². The van der Waals surface area contributed by atoms with E-state index in [2.05, 4.69) is 33.3 Å². The van der Waals surface area contributed by atoms with Crippen molar-refractivity contribution in [3.05, 3.63) is 16.4 Å². The van der Waals surface area contributed by atoms with E-state index < -0.39 is 9.84 Å². The molecule has 0 aromatic carbocycles. The Hall–Kier alpha value is -0.400. The van der Waals surface area contributed by atoms with Crippen molar-refractivity contribution in [2.45, 2.75) is 57.4 Å². The number of nitrogens with one attached hydrogen (secondary N) is 1. The molecule has 1 fully saturated rings. The van der Waals surface area contributed by atoms with Gasteiger partial charge >= 0.3 is 0 Å². The Labute approximate surface area is 135 Å². The van der Waals surface area contributed by atoms with Crippen LogP contribution in [-0.4, -0.2) is 35.7 Å². The van der Waals surface area contributed by atoms with Crippen LogP contribution >= 0.6 is 15.9 Å². The van der Waals surface area contributed by atoms with Gasteiger partial charge in [-0.1, -0.05) is 13.3 Å². The van der Waals surface area contributed by atoms with Gasteiger partial charge < -0.3 is 5.32 Å². The highest BCUT2D eigenvalue weighted by atomic mass is 79.9. The van der Waals surface area contributed by atoms with Crippen LogP contribution in [0.5, 0.6) is 0 Å². The summed E-state index contributed by atoms with van der Waals surface area (Å²) in [6, 6.07) is -0.188. The first-order valence-electron chi connectivity index (χ1n) is 7.67. The smallest absolute Gasteiger partial charge is 0.155 e. The van der Waals surface area contributed by atoms with E-state index in [1.54, 1.807) is 6.20 Å². The van der Waals surface area contributed by atoms with Crippen molar-refractivity contribution in [1.29, 1.82) is 0 Å². The summed E-state index contributed by atoms with van der Waals surface area (Å²) in [5, 5.41) is 7.43. The summed E-state index contributed by atoms with van der Waals surface area (Å²) in [7, 11) is -3.05. The lowest BCUT2D eigenvalue weighted by atomic mass is 10.0. The number of sulfone groups is 1. The summed E-state index contributed by atoms with van der Waals surface area (Å²) in [6.07, 6.45) is 5.22. The molecule has 0 bridgehead atoms. The van der Waals surface area contributed by atoms with Crippen molar-refractivity contribution in [3.8, 4) is 0 Å². The molecule has 120 valence electrons. The summed E-state index contributed by atoms with van der Waals surface area (Å²) < 4.78 is 27.8. The number of hydrogen-bond acceptors (Lipinski definition) is 4. The Kier molecular flexibility index (Phi) is 5.85. The molecule has 5 nitrogen and oxygen atoms in total. The highest BCUT2D eigenvalue weighted by molar-refractivity contribution is 9.10. The molecule has 1 aliphatic heterocycles. The van der Waals surface area contributed by atoms with Gasteiger partial charge in [0, 0.05) is 6.54 Å². The summed E-state index contributed by atoms with van der Waals surface area (Å²) in [5.74, 6) is 0.305. The second-order valence-corrected chi connectivity index (χ2v) is 8.72. The molecule has 21 heavy (non-hydrogen) atoms. The van der Waals surface area contributed by atoms with Gasteiger partial charge in [-0.25, -0.2) is 8.42 Å². The number of hydrogen-bond donors (Lipinski definition) is 1. The zero-order chi connectivity index (χ0) is 15.5. The van der Waals surface area contributed by atoms with Crippen LogP contribution < -0.4 is 5.32 Å². The van der Waals surface area contributed by atoms with Gasteiger partial charge in [-0.05, 0) is 48.7 Å². The van der Waals surface area contributed by atoms with Gasteiger partial charge in [0.1, 0.15) is 0 Å². The zero-order valence-electron chi connectivity index (χ0n) is 12.7. The molecule has 2 heterocycles. The van der Waals surface area contributed by atoms with Crippen LogP contribution in [0, 0.1) is 0 Å². The molecule has 2 rings (SSSR count). The third kappa shape index (κ3) is 3.68. The minimum atomic E-state index is -3.05. The van der Waals surface area contributed by atoms with E-state index in [0.717, 1.165) is 48.9 Å². The largest absolute Gasteiger partial charge is 0.308 e. The fourth-order valence-corrected chi connectivity index (χ4v) is 5.61. The van der Waals surface area contributed by atoms with E-state index in [1.807, 2.05) is 11.6 Å². The first-order chi connectivity index (χ1) is 10.0. The fourth-order valence-electron chi connectivity index (χ4n) is 2.99. The molecule has 1 N–H and O–H groups in total. The van der Waals surface area contributed by atoms with Gasteiger partial charge in [-0.2, -0.15) is 5.10 Å². The lowest BCUT2D eigenvalue weighted by molar-refractivity contribution is 0.420. The Balaban J connectivity index is 2.40. The lowest BCUT2D eigenvalue weighted by Crippen LogP contribution is -2.42. The highest BCUT2D eigenvalue weighted by Gasteiger charge is 2.38. The van der Waals surface area contributed by atoms with Crippen molar-refractivity contribution >= 4 is 25.8 Å². The third-order valence-electron chi connectivity index (χ3n) is 4.04. The predicted octanol–water partition coefficient (Wildman–Crippen LogP) is 2.67. The number of aryl methyl sites for hydroxylation is 1. The van der Waals surface area contributed by atoms with E-state index in [4.69, 9.17) is 0 Å². The van der Waals surface area contributed by atoms with E-state index in [0.29, 0.717) is 5.75 Å². The molecule has 0 radical (unpaired) electrons. The molecule has 7 heteroatoms. The standard InChI is InChI=1S/C14H24BrN3O2S/c1-3-8-16-13(12-7-5-6-9-21(12,19)20)14-11(15)10-17-18(14)4-2/h10,12-13,16H,3-9H2,1-2H3. The zero-order valence-corrected chi connectivity index (χ0v) is 15.1. The van der Waals surface area contributed by atoms with Crippen molar-refractivity contribution in [2.24, 2.45) is 0 Å². The molecule has 1 aliphatic rings. The Bertz CT molecular complexity index is 571. The normalized spacial score (nSPS) is 23.1. The molecular formula is C14H24BrN3O2S. The molecule has 0 amide bonds.